The van der Waals surface area contributed by atoms with Gasteiger partial charge in [-0.25, -0.2) is 12.7 Å². The van der Waals surface area contributed by atoms with E-state index in [0.29, 0.717) is 19.1 Å². The number of anilines is 2. The molecule has 32 heavy (non-hydrogen) atoms. The Bertz CT molecular complexity index is 1220. The van der Waals surface area contributed by atoms with E-state index in [4.69, 9.17) is 0 Å². The van der Waals surface area contributed by atoms with Crippen LogP contribution < -0.4 is 10.6 Å². The van der Waals surface area contributed by atoms with Crippen LogP contribution in [-0.4, -0.2) is 49.1 Å². The molecule has 168 valence electrons. The molecule has 2 fully saturated rings. The summed E-state index contributed by atoms with van der Waals surface area (Å²) < 4.78 is 25.2. The number of piperidine rings is 1. The molecule has 0 amide bonds. The Hall–Kier alpha value is -2.64. The number of pyridine rings is 1. The quantitative estimate of drug-likeness (QED) is 0.569. The number of nitrogens with one attached hydrogen (secondary N) is 2. The molecule has 7 heteroatoms. The molecule has 0 radical (unpaired) electrons. The van der Waals surface area contributed by atoms with Crippen LogP contribution in [0, 0.1) is 0 Å². The molecule has 1 saturated carbocycles. The predicted molar refractivity (Wildman–Crippen MR) is 132 cm³/mol. The number of hydrogen-bond donors (Lipinski definition) is 2. The zero-order chi connectivity index (χ0) is 22.1. The van der Waals surface area contributed by atoms with E-state index in [0.717, 1.165) is 34.9 Å². The first-order valence-corrected chi connectivity index (χ1v) is 13.3. The fourth-order valence-electron chi connectivity index (χ4n) is 4.61. The summed E-state index contributed by atoms with van der Waals surface area (Å²) in [6, 6.07) is 15.9. The maximum Gasteiger partial charge on any atom is 0.211 e. The van der Waals surface area contributed by atoms with Gasteiger partial charge in [0.15, 0.2) is 0 Å². The number of aromatic nitrogens is 1. The normalized spacial score (nSPS) is 18.4. The molecule has 0 atom stereocenters. The monoisotopic (exact) mass is 450 g/mol. The van der Waals surface area contributed by atoms with Crippen LogP contribution in [0.2, 0.25) is 0 Å². The third kappa shape index (κ3) is 4.59. The summed E-state index contributed by atoms with van der Waals surface area (Å²) in [7, 11) is -3.12. The second-order valence-electron chi connectivity index (χ2n) is 9.05. The van der Waals surface area contributed by atoms with Crippen LogP contribution in [0.4, 0.5) is 11.4 Å². The number of benzene rings is 2. The summed E-state index contributed by atoms with van der Waals surface area (Å²) in [6.07, 6.45) is 10.4. The highest BCUT2D eigenvalue weighted by Crippen LogP contribution is 2.33. The molecule has 2 heterocycles. The van der Waals surface area contributed by atoms with E-state index in [1.54, 1.807) is 4.31 Å². The predicted octanol–water partition coefficient (Wildman–Crippen LogP) is 4.70. The van der Waals surface area contributed by atoms with Crippen molar-refractivity contribution in [3.63, 3.8) is 0 Å². The summed E-state index contributed by atoms with van der Waals surface area (Å²) in [4.78, 5) is 4.34. The molecule has 2 aliphatic rings. The van der Waals surface area contributed by atoms with E-state index in [9.17, 15) is 8.42 Å². The van der Waals surface area contributed by atoms with Crippen molar-refractivity contribution in [2.24, 2.45) is 0 Å². The Morgan fingerprint density at radius 2 is 1.72 bits per heavy atom. The van der Waals surface area contributed by atoms with E-state index >= 15 is 0 Å². The fraction of sp³-hybridized carbons (Fsp3) is 0.400. The molecule has 3 aromatic rings. The van der Waals surface area contributed by atoms with Crippen molar-refractivity contribution < 1.29 is 8.42 Å². The molecule has 0 unspecified atom stereocenters. The number of hydrogen-bond acceptors (Lipinski definition) is 5. The molecule has 2 aromatic carbocycles. The van der Waals surface area contributed by atoms with E-state index in [1.165, 1.54) is 36.8 Å². The van der Waals surface area contributed by atoms with E-state index in [1.807, 2.05) is 18.5 Å². The van der Waals surface area contributed by atoms with E-state index < -0.39 is 10.0 Å². The van der Waals surface area contributed by atoms with Gasteiger partial charge in [-0.2, -0.15) is 0 Å². The van der Waals surface area contributed by atoms with Gasteiger partial charge in [-0.3, -0.25) is 4.98 Å². The lowest BCUT2D eigenvalue weighted by molar-refractivity contribution is 0.332. The number of sulfonamides is 1. The Kier molecular flexibility index (Phi) is 5.78. The van der Waals surface area contributed by atoms with Crippen molar-refractivity contribution in [3.05, 3.63) is 54.9 Å². The molecule has 6 nitrogen and oxygen atoms in total. The Morgan fingerprint density at radius 1 is 0.938 bits per heavy atom. The van der Waals surface area contributed by atoms with Crippen molar-refractivity contribution in [1.82, 2.24) is 9.29 Å². The first-order chi connectivity index (χ1) is 15.5. The average Bonchev–Trinajstić information content (AvgIpc) is 2.76. The van der Waals surface area contributed by atoms with Gasteiger partial charge in [0.1, 0.15) is 0 Å². The van der Waals surface area contributed by atoms with Crippen molar-refractivity contribution in [1.29, 1.82) is 0 Å². The summed E-state index contributed by atoms with van der Waals surface area (Å²) in [5, 5.41) is 9.57. The highest BCUT2D eigenvalue weighted by molar-refractivity contribution is 7.88. The number of rotatable bonds is 6. The van der Waals surface area contributed by atoms with Gasteiger partial charge in [-0.05, 0) is 78.9 Å². The Labute approximate surface area is 190 Å². The third-order valence-electron chi connectivity index (χ3n) is 6.71. The maximum atomic E-state index is 11.8. The zero-order valence-electron chi connectivity index (χ0n) is 18.4. The van der Waals surface area contributed by atoms with E-state index in [2.05, 4.69) is 52.0 Å². The van der Waals surface area contributed by atoms with Crippen molar-refractivity contribution in [2.75, 3.05) is 30.0 Å². The second-order valence-corrected chi connectivity index (χ2v) is 11.0. The maximum absolute atomic E-state index is 11.8. The van der Waals surface area contributed by atoms with Crippen LogP contribution in [0.3, 0.4) is 0 Å². The van der Waals surface area contributed by atoms with Crippen LogP contribution in [0.1, 0.15) is 32.1 Å². The lowest BCUT2D eigenvalue weighted by Gasteiger charge is -2.31. The molecule has 2 N–H and O–H groups in total. The third-order valence-corrected chi connectivity index (χ3v) is 8.01. The van der Waals surface area contributed by atoms with Crippen LogP contribution in [0.25, 0.3) is 21.9 Å². The van der Waals surface area contributed by atoms with E-state index in [-0.39, 0.29) is 6.04 Å². The summed E-state index contributed by atoms with van der Waals surface area (Å²) in [5.41, 5.74) is 4.57. The van der Waals surface area contributed by atoms with Crippen LogP contribution in [0.15, 0.2) is 54.9 Å². The molecule has 1 aromatic heterocycles. The van der Waals surface area contributed by atoms with Gasteiger partial charge in [-0.1, -0.05) is 12.1 Å². The molecule has 1 aliphatic heterocycles. The van der Waals surface area contributed by atoms with Gasteiger partial charge in [0.25, 0.3) is 0 Å². The molecule has 0 spiro atoms. The average molecular weight is 451 g/mol. The molecule has 0 bridgehead atoms. The van der Waals surface area contributed by atoms with Gasteiger partial charge in [0.05, 0.1) is 6.26 Å². The summed E-state index contributed by atoms with van der Waals surface area (Å²) >= 11 is 0. The van der Waals surface area contributed by atoms with Crippen molar-refractivity contribution >= 4 is 32.2 Å². The first kappa shape index (κ1) is 21.2. The smallest absolute Gasteiger partial charge is 0.211 e. The molecule has 1 aliphatic carbocycles. The molecular formula is C25H30N4O2S. The van der Waals surface area contributed by atoms with Gasteiger partial charge in [0, 0.05) is 54.3 Å². The number of fused-ring (bicyclic) bond motifs is 1. The molecule has 5 rings (SSSR count). The Morgan fingerprint density at radius 3 is 2.44 bits per heavy atom. The van der Waals surface area contributed by atoms with Crippen LogP contribution in [-0.2, 0) is 10.0 Å². The van der Waals surface area contributed by atoms with Crippen molar-refractivity contribution in [2.45, 2.75) is 44.2 Å². The first-order valence-electron chi connectivity index (χ1n) is 11.4. The standard InChI is InChI=1S/C25H30N4O2S/c1-32(30,31)29-12-9-22(10-13-29)28-25-16-20(14-19-8-11-26-17-24(19)25)18-4-2-7-23(15-18)27-21-5-3-6-21/h2,4,7-8,11,14-17,21-22,27-28H,3,5-6,9-10,12-13H2,1H3. The lowest BCUT2D eigenvalue weighted by Crippen LogP contribution is -2.41. The highest BCUT2D eigenvalue weighted by Gasteiger charge is 2.25. The van der Waals surface area contributed by atoms with Gasteiger partial charge < -0.3 is 10.6 Å². The molecule has 1 saturated heterocycles. The highest BCUT2D eigenvalue weighted by atomic mass is 32.2. The topological polar surface area (TPSA) is 74.3 Å². The number of nitrogens with zero attached hydrogens (tertiary/aromatic N) is 2. The van der Waals surface area contributed by atoms with Gasteiger partial charge >= 0.3 is 0 Å². The minimum absolute atomic E-state index is 0.235. The minimum Gasteiger partial charge on any atom is -0.382 e. The largest absolute Gasteiger partial charge is 0.382 e. The van der Waals surface area contributed by atoms with Gasteiger partial charge in [-0.15, -0.1) is 0 Å². The summed E-state index contributed by atoms with van der Waals surface area (Å²) in [5.74, 6) is 0. The van der Waals surface area contributed by atoms with Crippen LogP contribution >= 0.6 is 0 Å². The fourth-order valence-corrected chi connectivity index (χ4v) is 5.49. The van der Waals surface area contributed by atoms with Crippen molar-refractivity contribution in [3.8, 4) is 11.1 Å². The van der Waals surface area contributed by atoms with Gasteiger partial charge in [0.2, 0.25) is 10.0 Å². The Balaban J connectivity index is 1.42. The SMILES string of the molecule is CS(=O)(=O)N1CCC(Nc2cc(-c3cccc(NC4CCC4)c3)cc3ccncc23)CC1. The second kappa shape index (κ2) is 8.71. The lowest BCUT2D eigenvalue weighted by atomic mass is 9.92. The summed E-state index contributed by atoms with van der Waals surface area (Å²) in [6.45, 7) is 1.11. The van der Waals surface area contributed by atoms with Crippen LogP contribution in [0.5, 0.6) is 0 Å². The zero-order valence-corrected chi connectivity index (χ0v) is 19.2. The molecular weight excluding hydrogens is 420 g/mol. The minimum atomic E-state index is -3.12.